The molecular formula is C20H19Cl4NO2S. The Morgan fingerprint density at radius 3 is 2.57 bits per heavy atom. The lowest BCUT2D eigenvalue weighted by atomic mass is 9.89. The zero-order valence-electron chi connectivity index (χ0n) is 14.8. The van der Waals surface area contributed by atoms with Crippen LogP contribution in [0.5, 0.6) is 0 Å². The summed E-state index contributed by atoms with van der Waals surface area (Å²) >= 11 is 26.4. The number of alkyl halides is 2. The van der Waals surface area contributed by atoms with Crippen molar-refractivity contribution in [3.63, 3.8) is 0 Å². The standard InChI is InChI=1S/C20H19Cl4NO2S/c21-15-10-16(22)14(6-4-11-8-18(23)25-19(24)9-11)13(15)3-1-2-12-5-7-17(28-12)20(26)27/h4-9,13-16H,1-3,10H2,(H,26,27)/b6-4-/t13-,14-,15-,16-/m1/s1. The summed E-state index contributed by atoms with van der Waals surface area (Å²) in [5.74, 6) is -0.445. The molecule has 3 nitrogen and oxygen atoms in total. The molecule has 28 heavy (non-hydrogen) atoms. The van der Waals surface area contributed by atoms with Gasteiger partial charge in [0, 0.05) is 15.6 Å². The Hall–Kier alpha value is -0.780. The van der Waals surface area contributed by atoms with E-state index in [2.05, 4.69) is 11.1 Å². The van der Waals surface area contributed by atoms with Crippen LogP contribution >= 0.6 is 57.7 Å². The van der Waals surface area contributed by atoms with Crippen LogP contribution in [0.15, 0.2) is 30.3 Å². The number of nitrogens with zero attached hydrogens (tertiary/aromatic N) is 1. The molecule has 0 aliphatic heterocycles. The Kier molecular flexibility index (Phi) is 7.68. The molecule has 0 amide bonds. The van der Waals surface area contributed by atoms with Crippen molar-refractivity contribution >= 4 is 69.8 Å². The van der Waals surface area contributed by atoms with E-state index in [1.165, 1.54) is 11.3 Å². The fraction of sp³-hybridized carbons (Fsp3) is 0.400. The highest BCUT2D eigenvalue weighted by Gasteiger charge is 2.39. The predicted octanol–water partition coefficient (Wildman–Crippen LogP) is 7.04. The molecule has 0 bridgehead atoms. The van der Waals surface area contributed by atoms with E-state index in [0.29, 0.717) is 15.2 Å². The van der Waals surface area contributed by atoms with Gasteiger partial charge in [0.15, 0.2) is 0 Å². The number of allylic oxidation sites excluding steroid dienone is 1. The minimum absolute atomic E-state index is 0.0168. The monoisotopic (exact) mass is 477 g/mol. The van der Waals surface area contributed by atoms with Crippen LogP contribution in [0.25, 0.3) is 6.08 Å². The van der Waals surface area contributed by atoms with Crippen molar-refractivity contribution in [2.45, 2.75) is 36.4 Å². The molecule has 0 spiro atoms. The third-order valence-electron chi connectivity index (χ3n) is 4.96. The maximum atomic E-state index is 11.0. The number of thiophene rings is 1. The van der Waals surface area contributed by atoms with Gasteiger partial charge in [0.25, 0.3) is 0 Å². The second kappa shape index (κ2) is 9.82. The summed E-state index contributed by atoms with van der Waals surface area (Å²) in [4.78, 5) is 16.4. The number of aromatic carboxylic acids is 1. The average Bonchev–Trinajstić information content (AvgIpc) is 3.18. The number of carboxylic acids is 1. The fourth-order valence-corrected chi connectivity index (χ4v) is 6.04. The molecule has 2 heterocycles. The number of hydrogen-bond donors (Lipinski definition) is 1. The quantitative estimate of drug-likeness (QED) is 0.343. The van der Waals surface area contributed by atoms with Crippen LogP contribution in [0.2, 0.25) is 10.3 Å². The number of rotatable bonds is 7. The van der Waals surface area contributed by atoms with Crippen LogP contribution in [-0.2, 0) is 6.42 Å². The maximum absolute atomic E-state index is 11.0. The molecule has 1 aliphatic rings. The summed E-state index contributed by atoms with van der Waals surface area (Å²) in [6.45, 7) is 0. The van der Waals surface area contributed by atoms with Gasteiger partial charge in [0.2, 0.25) is 0 Å². The van der Waals surface area contributed by atoms with E-state index >= 15 is 0 Å². The Morgan fingerprint density at radius 1 is 1.21 bits per heavy atom. The van der Waals surface area contributed by atoms with Crippen LogP contribution in [0.3, 0.4) is 0 Å². The summed E-state index contributed by atoms with van der Waals surface area (Å²) in [6.07, 6.45) is 7.55. The first-order valence-electron chi connectivity index (χ1n) is 8.95. The molecule has 3 rings (SSSR count). The van der Waals surface area contributed by atoms with E-state index in [0.717, 1.165) is 36.1 Å². The van der Waals surface area contributed by atoms with Crippen molar-refractivity contribution in [1.29, 1.82) is 0 Å². The van der Waals surface area contributed by atoms with Crippen molar-refractivity contribution in [3.8, 4) is 0 Å². The van der Waals surface area contributed by atoms with Gasteiger partial charge < -0.3 is 5.11 Å². The third kappa shape index (κ3) is 5.64. The number of aromatic nitrogens is 1. The molecule has 1 saturated carbocycles. The summed E-state index contributed by atoms with van der Waals surface area (Å²) in [5.41, 5.74) is 0.880. The number of pyridine rings is 1. The molecule has 4 atom stereocenters. The second-order valence-corrected chi connectivity index (χ2v) is 9.94. The summed E-state index contributed by atoms with van der Waals surface area (Å²) < 4.78 is 0. The van der Waals surface area contributed by atoms with Crippen LogP contribution in [0.1, 0.15) is 39.4 Å². The van der Waals surface area contributed by atoms with Gasteiger partial charge in [-0.2, -0.15) is 0 Å². The molecule has 1 aliphatic carbocycles. The van der Waals surface area contributed by atoms with Gasteiger partial charge >= 0.3 is 5.97 Å². The summed E-state index contributed by atoms with van der Waals surface area (Å²) in [5, 5.41) is 9.75. The molecule has 2 aromatic rings. The lowest BCUT2D eigenvalue weighted by Crippen LogP contribution is -2.16. The van der Waals surface area contributed by atoms with Crippen molar-refractivity contribution in [3.05, 3.63) is 56.0 Å². The van der Waals surface area contributed by atoms with E-state index in [-0.39, 0.29) is 22.6 Å². The van der Waals surface area contributed by atoms with Gasteiger partial charge in [-0.3, -0.25) is 0 Å². The van der Waals surface area contributed by atoms with Crippen LogP contribution in [-0.4, -0.2) is 26.8 Å². The van der Waals surface area contributed by atoms with E-state index in [1.807, 2.05) is 12.1 Å². The lowest BCUT2D eigenvalue weighted by Gasteiger charge is -2.20. The Balaban J connectivity index is 1.62. The molecule has 1 fully saturated rings. The molecule has 0 unspecified atom stereocenters. The molecule has 0 aromatic carbocycles. The van der Waals surface area contributed by atoms with E-state index in [9.17, 15) is 4.79 Å². The number of carboxylic acid groups (broad SMARTS) is 1. The molecule has 0 saturated heterocycles. The Morgan fingerprint density at radius 2 is 1.93 bits per heavy atom. The summed E-state index contributed by atoms with van der Waals surface area (Å²) in [6, 6.07) is 7.06. The van der Waals surface area contributed by atoms with Gasteiger partial charge in [-0.25, -0.2) is 9.78 Å². The highest BCUT2D eigenvalue weighted by Crippen LogP contribution is 2.43. The number of aryl methyl sites for hydroxylation is 1. The topological polar surface area (TPSA) is 50.2 Å². The number of halogens is 4. The third-order valence-corrected chi connectivity index (χ3v) is 7.45. The van der Waals surface area contributed by atoms with Crippen molar-refractivity contribution in [2.24, 2.45) is 11.8 Å². The first-order chi connectivity index (χ1) is 13.3. The molecule has 8 heteroatoms. The SMILES string of the molecule is O=C(O)c1ccc(CCC[C@@H]2[C@@H](/C=C\c3cc(Cl)nc(Cl)c3)[C@H](Cl)C[C@H]2Cl)s1. The minimum Gasteiger partial charge on any atom is -0.477 e. The van der Waals surface area contributed by atoms with E-state index in [4.69, 9.17) is 51.5 Å². The second-order valence-electron chi connectivity index (χ2n) is 6.88. The molecule has 0 radical (unpaired) electrons. The smallest absolute Gasteiger partial charge is 0.345 e. The van der Waals surface area contributed by atoms with Crippen LogP contribution < -0.4 is 0 Å². The zero-order valence-corrected chi connectivity index (χ0v) is 18.7. The van der Waals surface area contributed by atoms with Gasteiger partial charge in [-0.15, -0.1) is 34.5 Å². The zero-order chi connectivity index (χ0) is 20.3. The van der Waals surface area contributed by atoms with E-state index in [1.54, 1.807) is 18.2 Å². The van der Waals surface area contributed by atoms with Gasteiger partial charge in [0.1, 0.15) is 15.2 Å². The van der Waals surface area contributed by atoms with Crippen LogP contribution in [0.4, 0.5) is 0 Å². The highest BCUT2D eigenvalue weighted by atomic mass is 35.5. The van der Waals surface area contributed by atoms with E-state index < -0.39 is 5.97 Å². The Bertz CT molecular complexity index is 849. The van der Waals surface area contributed by atoms with Gasteiger partial charge in [-0.1, -0.05) is 35.4 Å². The normalized spacial score (nSPS) is 24.9. The largest absolute Gasteiger partial charge is 0.477 e. The van der Waals surface area contributed by atoms with Gasteiger partial charge in [-0.05, 0) is 67.3 Å². The molecule has 2 aromatic heterocycles. The first-order valence-corrected chi connectivity index (χ1v) is 11.4. The fourth-order valence-electron chi connectivity index (χ4n) is 3.63. The lowest BCUT2D eigenvalue weighted by molar-refractivity contribution is 0.0702. The predicted molar refractivity (Wildman–Crippen MR) is 118 cm³/mol. The number of carbonyl (C=O) groups is 1. The van der Waals surface area contributed by atoms with Crippen molar-refractivity contribution in [1.82, 2.24) is 4.98 Å². The molecule has 150 valence electrons. The van der Waals surface area contributed by atoms with Crippen LogP contribution in [0, 0.1) is 11.8 Å². The molecule has 1 N–H and O–H groups in total. The van der Waals surface area contributed by atoms with Gasteiger partial charge in [0.05, 0.1) is 0 Å². The maximum Gasteiger partial charge on any atom is 0.345 e. The average molecular weight is 479 g/mol. The Labute approximate surface area is 188 Å². The summed E-state index contributed by atoms with van der Waals surface area (Å²) in [7, 11) is 0. The minimum atomic E-state index is -0.876. The van der Waals surface area contributed by atoms with Crippen molar-refractivity contribution in [2.75, 3.05) is 0 Å². The first kappa shape index (κ1) is 21.9. The highest BCUT2D eigenvalue weighted by molar-refractivity contribution is 7.13. The number of hydrogen-bond acceptors (Lipinski definition) is 3. The molecular weight excluding hydrogens is 460 g/mol. The van der Waals surface area contributed by atoms with Crippen molar-refractivity contribution < 1.29 is 9.90 Å².